The molecule has 0 radical (unpaired) electrons. The van der Waals surface area contributed by atoms with Crippen molar-refractivity contribution in [3.8, 4) is 0 Å². The van der Waals surface area contributed by atoms with Crippen LogP contribution in [0.25, 0.3) is 0 Å². The smallest absolute Gasteiger partial charge is 0.258 e. The highest BCUT2D eigenvalue weighted by molar-refractivity contribution is 6.04. The Morgan fingerprint density at radius 1 is 1.33 bits per heavy atom. The Bertz CT molecular complexity index is 576. The lowest BCUT2D eigenvalue weighted by atomic mass is 10.1. The predicted molar refractivity (Wildman–Crippen MR) is 67.4 cm³/mol. The first-order valence-corrected chi connectivity index (χ1v) is 5.76. The van der Waals surface area contributed by atoms with Crippen molar-refractivity contribution >= 4 is 11.7 Å². The Labute approximate surface area is 105 Å². The molecule has 0 spiro atoms. The number of nitrogens with zero attached hydrogens (tertiary/aromatic N) is 3. The van der Waals surface area contributed by atoms with Gasteiger partial charge in [0.2, 0.25) is 0 Å². The van der Waals surface area contributed by atoms with Gasteiger partial charge in [0.05, 0.1) is 17.0 Å². The van der Waals surface area contributed by atoms with E-state index in [1.807, 2.05) is 20.8 Å². The number of nitrogens with one attached hydrogen (secondary N) is 2. The highest BCUT2D eigenvalue weighted by Crippen LogP contribution is 2.11. The second kappa shape index (κ2) is 4.95. The molecule has 0 aliphatic rings. The molecule has 2 aromatic heterocycles. The lowest BCUT2D eigenvalue weighted by Crippen LogP contribution is -2.16. The molecule has 0 fully saturated rings. The number of amides is 1. The maximum absolute atomic E-state index is 12.1. The van der Waals surface area contributed by atoms with Crippen molar-refractivity contribution in [3.05, 3.63) is 34.8 Å². The lowest BCUT2D eigenvalue weighted by Gasteiger charge is -2.06. The van der Waals surface area contributed by atoms with Crippen molar-refractivity contribution in [2.24, 2.45) is 0 Å². The molecule has 6 nitrogen and oxygen atoms in total. The summed E-state index contributed by atoms with van der Waals surface area (Å²) >= 11 is 0. The summed E-state index contributed by atoms with van der Waals surface area (Å²) in [6, 6.07) is 3.51. The van der Waals surface area contributed by atoms with Crippen LogP contribution >= 0.6 is 0 Å². The molecule has 0 atom stereocenters. The molecule has 0 unspecified atom stereocenters. The molecule has 0 aliphatic heterocycles. The minimum absolute atomic E-state index is 0.212. The van der Waals surface area contributed by atoms with Gasteiger partial charge in [0.15, 0.2) is 5.82 Å². The Kier molecular flexibility index (Phi) is 3.36. The van der Waals surface area contributed by atoms with Crippen LogP contribution in [0.5, 0.6) is 0 Å². The third kappa shape index (κ3) is 2.53. The van der Waals surface area contributed by atoms with E-state index < -0.39 is 0 Å². The normalized spacial score (nSPS) is 10.4. The molecular weight excluding hydrogens is 230 g/mol. The SMILES string of the molecule is CCc1nnc(C)cc1C(=O)Nc1cc(C)[nH]n1. The standard InChI is InChI=1S/C12H15N5O/c1-4-10-9(5-7(2)14-16-10)12(18)13-11-6-8(3)15-17-11/h5-6H,4H2,1-3H3,(H2,13,15,17,18). The van der Waals surface area contributed by atoms with E-state index in [1.165, 1.54) is 0 Å². The number of carbonyl (C=O) groups is 1. The molecule has 2 rings (SSSR count). The van der Waals surface area contributed by atoms with Crippen LogP contribution in [0.3, 0.4) is 0 Å². The fourth-order valence-corrected chi connectivity index (χ4v) is 1.64. The van der Waals surface area contributed by atoms with Gasteiger partial charge in [-0.2, -0.15) is 15.3 Å². The highest BCUT2D eigenvalue weighted by Gasteiger charge is 2.14. The quantitative estimate of drug-likeness (QED) is 0.860. The van der Waals surface area contributed by atoms with Gasteiger partial charge in [-0.1, -0.05) is 6.92 Å². The van der Waals surface area contributed by atoms with Crippen molar-refractivity contribution in [1.29, 1.82) is 0 Å². The van der Waals surface area contributed by atoms with Gasteiger partial charge in [-0.05, 0) is 26.3 Å². The van der Waals surface area contributed by atoms with Crippen LogP contribution in [0.1, 0.15) is 34.4 Å². The first-order valence-electron chi connectivity index (χ1n) is 5.76. The van der Waals surface area contributed by atoms with E-state index in [-0.39, 0.29) is 5.91 Å². The van der Waals surface area contributed by atoms with Crippen LogP contribution in [-0.2, 0) is 6.42 Å². The fraction of sp³-hybridized carbons (Fsp3) is 0.333. The van der Waals surface area contributed by atoms with E-state index in [0.29, 0.717) is 23.5 Å². The minimum atomic E-state index is -0.212. The van der Waals surface area contributed by atoms with Gasteiger partial charge in [-0.15, -0.1) is 0 Å². The Balaban J connectivity index is 2.25. The van der Waals surface area contributed by atoms with E-state index in [9.17, 15) is 4.79 Å². The van der Waals surface area contributed by atoms with Crippen LogP contribution < -0.4 is 5.32 Å². The monoisotopic (exact) mass is 245 g/mol. The molecule has 94 valence electrons. The first kappa shape index (κ1) is 12.2. The minimum Gasteiger partial charge on any atom is -0.305 e. The maximum Gasteiger partial charge on any atom is 0.258 e. The van der Waals surface area contributed by atoms with E-state index in [0.717, 1.165) is 11.4 Å². The highest BCUT2D eigenvalue weighted by atomic mass is 16.1. The average molecular weight is 245 g/mol. The number of aryl methyl sites for hydroxylation is 3. The number of aromatic amines is 1. The van der Waals surface area contributed by atoms with Crippen LogP contribution in [0.2, 0.25) is 0 Å². The molecule has 18 heavy (non-hydrogen) atoms. The Morgan fingerprint density at radius 2 is 2.11 bits per heavy atom. The number of carbonyl (C=O) groups excluding carboxylic acids is 1. The number of rotatable bonds is 3. The third-order valence-corrected chi connectivity index (χ3v) is 2.52. The summed E-state index contributed by atoms with van der Waals surface area (Å²) < 4.78 is 0. The topological polar surface area (TPSA) is 83.6 Å². The summed E-state index contributed by atoms with van der Waals surface area (Å²) in [5.74, 6) is 0.297. The van der Waals surface area contributed by atoms with Crippen molar-refractivity contribution in [2.45, 2.75) is 27.2 Å². The molecule has 0 saturated heterocycles. The molecule has 1 amide bonds. The molecule has 6 heteroatoms. The summed E-state index contributed by atoms with van der Waals surface area (Å²) in [5.41, 5.74) is 2.84. The summed E-state index contributed by atoms with van der Waals surface area (Å²) in [4.78, 5) is 12.1. The average Bonchev–Trinajstić information content (AvgIpc) is 2.74. The lowest BCUT2D eigenvalue weighted by molar-refractivity contribution is 0.102. The maximum atomic E-state index is 12.1. The van der Waals surface area contributed by atoms with Crippen LogP contribution in [0, 0.1) is 13.8 Å². The van der Waals surface area contributed by atoms with Gasteiger partial charge in [0, 0.05) is 11.8 Å². The zero-order valence-corrected chi connectivity index (χ0v) is 10.6. The van der Waals surface area contributed by atoms with Gasteiger partial charge in [0.1, 0.15) is 0 Å². The molecule has 0 aliphatic carbocycles. The molecule has 0 aromatic carbocycles. The second-order valence-corrected chi connectivity index (χ2v) is 4.09. The van der Waals surface area contributed by atoms with Gasteiger partial charge >= 0.3 is 0 Å². The van der Waals surface area contributed by atoms with Gasteiger partial charge in [-0.3, -0.25) is 9.89 Å². The molecule has 0 saturated carbocycles. The Morgan fingerprint density at radius 3 is 2.72 bits per heavy atom. The molecule has 2 aromatic rings. The molecule has 2 N–H and O–H groups in total. The zero-order valence-electron chi connectivity index (χ0n) is 10.6. The van der Waals surface area contributed by atoms with Gasteiger partial charge in [-0.25, -0.2) is 0 Å². The third-order valence-electron chi connectivity index (χ3n) is 2.52. The number of aromatic nitrogens is 4. The van der Waals surface area contributed by atoms with E-state index in [1.54, 1.807) is 12.1 Å². The number of anilines is 1. The van der Waals surface area contributed by atoms with E-state index >= 15 is 0 Å². The zero-order chi connectivity index (χ0) is 13.1. The van der Waals surface area contributed by atoms with Crippen LogP contribution in [0.15, 0.2) is 12.1 Å². The molecule has 2 heterocycles. The van der Waals surface area contributed by atoms with Crippen molar-refractivity contribution in [1.82, 2.24) is 20.4 Å². The van der Waals surface area contributed by atoms with Crippen molar-refractivity contribution < 1.29 is 4.79 Å². The van der Waals surface area contributed by atoms with Crippen molar-refractivity contribution in [2.75, 3.05) is 5.32 Å². The summed E-state index contributed by atoms with van der Waals surface area (Å²) in [5, 5.41) is 17.4. The molecular formula is C12H15N5O. The fourth-order valence-electron chi connectivity index (χ4n) is 1.64. The molecule has 0 bridgehead atoms. The van der Waals surface area contributed by atoms with Crippen LogP contribution in [0.4, 0.5) is 5.82 Å². The van der Waals surface area contributed by atoms with Gasteiger partial charge < -0.3 is 5.32 Å². The Hall–Kier alpha value is -2.24. The van der Waals surface area contributed by atoms with Crippen molar-refractivity contribution in [3.63, 3.8) is 0 Å². The number of hydrogen-bond acceptors (Lipinski definition) is 4. The number of H-pyrrole nitrogens is 1. The second-order valence-electron chi connectivity index (χ2n) is 4.09. The predicted octanol–water partition coefficient (Wildman–Crippen LogP) is 1.63. The first-order chi connectivity index (χ1) is 8.60. The van der Waals surface area contributed by atoms with E-state index in [4.69, 9.17) is 0 Å². The summed E-state index contributed by atoms with van der Waals surface area (Å²) in [7, 11) is 0. The largest absolute Gasteiger partial charge is 0.305 e. The number of hydrogen-bond donors (Lipinski definition) is 2. The van der Waals surface area contributed by atoms with Crippen LogP contribution in [-0.4, -0.2) is 26.3 Å². The summed E-state index contributed by atoms with van der Waals surface area (Å²) in [6.07, 6.45) is 0.662. The van der Waals surface area contributed by atoms with Gasteiger partial charge in [0.25, 0.3) is 5.91 Å². The summed E-state index contributed by atoms with van der Waals surface area (Å²) in [6.45, 7) is 5.62. The van der Waals surface area contributed by atoms with E-state index in [2.05, 4.69) is 25.7 Å².